The molecule has 2 aromatic heterocycles. The van der Waals surface area contributed by atoms with Gasteiger partial charge in [0.15, 0.2) is 0 Å². The van der Waals surface area contributed by atoms with Crippen molar-refractivity contribution in [2.75, 3.05) is 0 Å². The Labute approximate surface area is 123 Å². The van der Waals surface area contributed by atoms with E-state index in [2.05, 4.69) is 17.0 Å². The molecule has 6 heteroatoms. The van der Waals surface area contributed by atoms with E-state index in [4.69, 9.17) is 11.6 Å². The molecule has 0 bridgehead atoms. The summed E-state index contributed by atoms with van der Waals surface area (Å²) < 4.78 is 3.59. The van der Waals surface area contributed by atoms with Crippen LogP contribution in [0, 0.1) is 0 Å². The van der Waals surface area contributed by atoms with Crippen molar-refractivity contribution in [3.63, 3.8) is 0 Å². The van der Waals surface area contributed by atoms with Crippen molar-refractivity contribution < 1.29 is 0 Å². The highest BCUT2D eigenvalue weighted by molar-refractivity contribution is 6.29. The zero-order valence-electron chi connectivity index (χ0n) is 12.1. The molecule has 20 heavy (non-hydrogen) atoms. The summed E-state index contributed by atoms with van der Waals surface area (Å²) in [7, 11) is 0. The topological polar surface area (TPSA) is 52.7 Å². The molecule has 5 nitrogen and oxygen atoms in total. The molecule has 2 aromatic rings. The van der Waals surface area contributed by atoms with Crippen LogP contribution in [0.4, 0.5) is 0 Å². The summed E-state index contributed by atoms with van der Waals surface area (Å²) in [5, 5.41) is 4.75. The van der Waals surface area contributed by atoms with Crippen LogP contribution in [0.15, 0.2) is 16.9 Å². The van der Waals surface area contributed by atoms with E-state index in [1.807, 2.05) is 24.6 Å². The lowest BCUT2D eigenvalue weighted by molar-refractivity contribution is 0.574. The Morgan fingerprint density at radius 1 is 1.20 bits per heavy atom. The first-order valence-electron chi connectivity index (χ1n) is 6.90. The number of aromatic nitrogens is 4. The molecule has 0 spiro atoms. The van der Waals surface area contributed by atoms with Gasteiger partial charge in [-0.1, -0.05) is 25.4 Å². The van der Waals surface area contributed by atoms with Crippen molar-refractivity contribution in [3.05, 3.63) is 44.9 Å². The molecule has 0 amide bonds. The lowest BCUT2D eigenvalue weighted by atomic mass is 10.3. The minimum atomic E-state index is -0.122. The van der Waals surface area contributed by atoms with Gasteiger partial charge in [-0.3, -0.25) is 14.0 Å². The number of halogens is 1. The maximum absolute atomic E-state index is 12.1. The van der Waals surface area contributed by atoms with Gasteiger partial charge >= 0.3 is 0 Å². The van der Waals surface area contributed by atoms with E-state index >= 15 is 0 Å². The standard InChI is InChI=1S/C14H19ClN4O/c1-4-10-7-11(19(6-3)17-10)9-18-13(5-2)16-12(15)8-14(18)20/h7-8H,4-6,9H2,1-3H3. The third-order valence-corrected chi connectivity index (χ3v) is 3.46. The van der Waals surface area contributed by atoms with Crippen LogP contribution in [0.1, 0.15) is 38.0 Å². The van der Waals surface area contributed by atoms with Gasteiger partial charge in [0.25, 0.3) is 5.56 Å². The fourth-order valence-corrected chi connectivity index (χ4v) is 2.40. The van der Waals surface area contributed by atoms with E-state index in [1.165, 1.54) is 6.07 Å². The Bertz CT molecular complexity index is 660. The Balaban J connectivity index is 2.44. The number of aryl methyl sites for hydroxylation is 3. The van der Waals surface area contributed by atoms with E-state index < -0.39 is 0 Å². The quantitative estimate of drug-likeness (QED) is 0.795. The van der Waals surface area contributed by atoms with Crippen LogP contribution < -0.4 is 5.56 Å². The predicted molar refractivity (Wildman–Crippen MR) is 79.3 cm³/mol. The fourth-order valence-electron chi connectivity index (χ4n) is 2.21. The summed E-state index contributed by atoms with van der Waals surface area (Å²) >= 11 is 5.85. The van der Waals surface area contributed by atoms with Crippen molar-refractivity contribution in [1.29, 1.82) is 0 Å². The van der Waals surface area contributed by atoms with Crippen LogP contribution in [0.3, 0.4) is 0 Å². The summed E-state index contributed by atoms with van der Waals surface area (Å²) in [5.74, 6) is 0.699. The molecule has 0 atom stereocenters. The molecular formula is C14H19ClN4O. The summed E-state index contributed by atoms with van der Waals surface area (Å²) in [6.07, 6.45) is 1.55. The second-order valence-corrected chi connectivity index (χ2v) is 4.96. The van der Waals surface area contributed by atoms with Gasteiger partial charge in [-0.05, 0) is 19.4 Å². The van der Waals surface area contributed by atoms with Crippen LogP contribution in [0.2, 0.25) is 5.15 Å². The molecule has 0 unspecified atom stereocenters. The van der Waals surface area contributed by atoms with Crippen LogP contribution >= 0.6 is 11.6 Å². The molecule has 2 rings (SSSR count). The molecular weight excluding hydrogens is 276 g/mol. The van der Waals surface area contributed by atoms with Gasteiger partial charge in [-0.15, -0.1) is 0 Å². The zero-order chi connectivity index (χ0) is 14.7. The van der Waals surface area contributed by atoms with Gasteiger partial charge in [0.1, 0.15) is 11.0 Å². The highest BCUT2D eigenvalue weighted by Crippen LogP contribution is 2.10. The maximum atomic E-state index is 12.1. The van der Waals surface area contributed by atoms with Crippen molar-refractivity contribution in [1.82, 2.24) is 19.3 Å². The molecule has 0 saturated carbocycles. The minimum Gasteiger partial charge on any atom is -0.291 e. The van der Waals surface area contributed by atoms with Gasteiger partial charge in [0.05, 0.1) is 17.9 Å². The molecule has 0 aliphatic carbocycles. The van der Waals surface area contributed by atoms with Gasteiger partial charge in [-0.25, -0.2) is 4.98 Å². The van der Waals surface area contributed by atoms with Crippen molar-refractivity contribution in [2.45, 2.75) is 46.7 Å². The Kier molecular flexibility index (Phi) is 4.60. The third-order valence-electron chi connectivity index (χ3n) is 3.27. The fraction of sp³-hybridized carbons (Fsp3) is 0.500. The molecule has 2 heterocycles. The lowest BCUT2D eigenvalue weighted by Gasteiger charge is -2.11. The minimum absolute atomic E-state index is 0.122. The van der Waals surface area contributed by atoms with Crippen LogP contribution in [0.5, 0.6) is 0 Å². The summed E-state index contributed by atoms with van der Waals surface area (Å²) in [5.41, 5.74) is 1.93. The Morgan fingerprint density at radius 2 is 1.95 bits per heavy atom. The molecule has 0 N–H and O–H groups in total. The first kappa shape index (κ1) is 14.8. The molecule has 108 valence electrons. The first-order chi connectivity index (χ1) is 9.58. The van der Waals surface area contributed by atoms with Gasteiger partial charge in [0, 0.05) is 19.0 Å². The predicted octanol–water partition coefficient (Wildman–Crippen LogP) is 2.29. The second-order valence-electron chi connectivity index (χ2n) is 4.57. The van der Waals surface area contributed by atoms with E-state index in [9.17, 15) is 4.79 Å². The number of hydrogen-bond donors (Lipinski definition) is 0. The van der Waals surface area contributed by atoms with E-state index in [1.54, 1.807) is 4.57 Å². The Hall–Kier alpha value is -1.62. The van der Waals surface area contributed by atoms with E-state index in [-0.39, 0.29) is 10.7 Å². The number of rotatable bonds is 5. The van der Waals surface area contributed by atoms with E-state index in [0.29, 0.717) is 18.8 Å². The monoisotopic (exact) mass is 294 g/mol. The average molecular weight is 295 g/mol. The molecule has 0 aromatic carbocycles. The van der Waals surface area contributed by atoms with Gasteiger partial charge in [0.2, 0.25) is 0 Å². The zero-order valence-corrected chi connectivity index (χ0v) is 12.8. The third kappa shape index (κ3) is 2.93. The molecule has 0 fully saturated rings. The molecule has 0 aliphatic heterocycles. The highest BCUT2D eigenvalue weighted by Gasteiger charge is 2.11. The summed E-state index contributed by atoms with van der Waals surface area (Å²) in [6.45, 7) is 7.34. The van der Waals surface area contributed by atoms with Gasteiger partial charge < -0.3 is 0 Å². The van der Waals surface area contributed by atoms with Crippen molar-refractivity contribution >= 4 is 11.6 Å². The number of hydrogen-bond acceptors (Lipinski definition) is 3. The van der Waals surface area contributed by atoms with Crippen LogP contribution in [-0.4, -0.2) is 19.3 Å². The van der Waals surface area contributed by atoms with Crippen molar-refractivity contribution in [3.8, 4) is 0 Å². The largest absolute Gasteiger partial charge is 0.291 e. The Morgan fingerprint density at radius 3 is 2.55 bits per heavy atom. The lowest BCUT2D eigenvalue weighted by Crippen LogP contribution is -2.26. The average Bonchev–Trinajstić information content (AvgIpc) is 2.83. The molecule has 0 saturated heterocycles. The first-order valence-corrected chi connectivity index (χ1v) is 7.28. The van der Waals surface area contributed by atoms with Gasteiger partial charge in [-0.2, -0.15) is 5.10 Å². The van der Waals surface area contributed by atoms with Crippen LogP contribution in [0.25, 0.3) is 0 Å². The van der Waals surface area contributed by atoms with Crippen LogP contribution in [-0.2, 0) is 25.9 Å². The SMILES string of the molecule is CCc1cc(Cn2c(CC)nc(Cl)cc2=O)n(CC)n1. The molecule has 0 aliphatic rings. The normalized spacial score (nSPS) is 11.0. The number of nitrogens with zero attached hydrogens (tertiary/aromatic N) is 4. The molecule has 0 radical (unpaired) electrons. The van der Waals surface area contributed by atoms with E-state index in [0.717, 1.165) is 24.4 Å². The maximum Gasteiger partial charge on any atom is 0.255 e. The van der Waals surface area contributed by atoms with Crippen molar-refractivity contribution in [2.24, 2.45) is 0 Å². The smallest absolute Gasteiger partial charge is 0.255 e. The highest BCUT2D eigenvalue weighted by atomic mass is 35.5. The summed E-state index contributed by atoms with van der Waals surface area (Å²) in [6, 6.07) is 3.40. The second kappa shape index (κ2) is 6.22. The summed E-state index contributed by atoms with van der Waals surface area (Å²) in [4.78, 5) is 16.3.